The van der Waals surface area contributed by atoms with Gasteiger partial charge in [-0.3, -0.25) is 4.98 Å². The van der Waals surface area contributed by atoms with Crippen LogP contribution < -0.4 is 0 Å². The summed E-state index contributed by atoms with van der Waals surface area (Å²) in [4.78, 5) is 11.8. The van der Waals surface area contributed by atoms with Crippen LogP contribution in [0.1, 0.15) is 57.0 Å². The second-order valence-electron chi connectivity index (χ2n) is 15.0. The van der Waals surface area contributed by atoms with E-state index in [2.05, 4.69) is 158 Å². The molecule has 0 bridgehead atoms. The van der Waals surface area contributed by atoms with Crippen molar-refractivity contribution in [2.45, 2.75) is 38.0 Å². The van der Waals surface area contributed by atoms with Gasteiger partial charge in [0.1, 0.15) is 0 Å². The minimum atomic E-state index is 0.373. The minimum absolute atomic E-state index is 0.373. The highest BCUT2D eigenvalue weighted by atomic mass is 32.1. The summed E-state index contributed by atoms with van der Waals surface area (Å²) in [6.45, 7) is 0. The molecular formula is C52H38N2S. The molecule has 2 nitrogen and oxygen atoms in total. The van der Waals surface area contributed by atoms with Crippen molar-refractivity contribution in [3.05, 3.63) is 184 Å². The molecule has 6 aromatic carbocycles. The van der Waals surface area contributed by atoms with Crippen LogP contribution in [0.25, 0.3) is 84.0 Å². The van der Waals surface area contributed by atoms with Crippen LogP contribution in [0.4, 0.5) is 0 Å². The van der Waals surface area contributed by atoms with Gasteiger partial charge in [-0.25, -0.2) is 4.98 Å². The molecule has 0 aliphatic heterocycles. The summed E-state index contributed by atoms with van der Waals surface area (Å²) < 4.78 is 1.35. The van der Waals surface area contributed by atoms with E-state index in [0.717, 1.165) is 54.4 Å². The molecule has 8 aromatic rings. The minimum Gasteiger partial charge on any atom is -0.252 e. The second-order valence-corrected chi connectivity index (χ2v) is 16.1. The lowest BCUT2D eigenvalue weighted by molar-refractivity contribution is 0.837. The van der Waals surface area contributed by atoms with E-state index in [1.165, 1.54) is 81.7 Å². The smallest absolute Gasteiger partial charge is 0.0975 e. The summed E-state index contributed by atoms with van der Waals surface area (Å²) in [5.41, 5.74) is 19.8. The first kappa shape index (κ1) is 32.3. The standard InChI is InChI=1S/C52H38N2S/c1-3-13-33(14-4-1)37-27-28-49-45(29-37)47-31-38(34-15-5-2-6-16-34)30-46(52(47)55-49)40-18-8-7-17-39(40)35-23-25-36(26-24-35)48-32-53-50-43-21-11-9-19-41(43)42-20-10-12-22-44(42)51(50)54-48/h1-8,11-18,21-28,30-32,37H,9-10,19-20,29H2. The molecule has 0 spiro atoms. The number of rotatable bonds is 5. The van der Waals surface area contributed by atoms with Crippen LogP contribution in [0, 0.1) is 0 Å². The summed E-state index contributed by atoms with van der Waals surface area (Å²) >= 11 is 1.93. The van der Waals surface area contributed by atoms with Crippen molar-refractivity contribution in [3.63, 3.8) is 0 Å². The van der Waals surface area contributed by atoms with Crippen molar-refractivity contribution in [2.24, 2.45) is 0 Å². The number of fused-ring (bicyclic) bond motifs is 9. The lowest BCUT2D eigenvalue weighted by Crippen LogP contribution is -2.08. The molecule has 0 saturated carbocycles. The third-order valence-electron chi connectivity index (χ3n) is 11.9. The largest absolute Gasteiger partial charge is 0.252 e. The molecule has 2 heterocycles. The number of allylic oxidation sites excluding steroid dienone is 3. The Hall–Kier alpha value is -6.16. The van der Waals surface area contributed by atoms with Crippen molar-refractivity contribution < 1.29 is 0 Å². The lowest BCUT2D eigenvalue weighted by atomic mass is 9.84. The summed E-state index contributed by atoms with van der Waals surface area (Å²) in [5, 5.41) is 1.37. The Balaban J connectivity index is 1.01. The summed E-state index contributed by atoms with van der Waals surface area (Å²) in [6.07, 6.45) is 21.2. The maximum atomic E-state index is 5.31. The molecule has 1 unspecified atom stereocenters. The maximum Gasteiger partial charge on any atom is 0.0975 e. The zero-order valence-electron chi connectivity index (χ0n) is 30.5. The van der Waals surface area contributed by atoms with Crippen LogP contribution >= 0.6 is 11.3 Å². The number of hydrogen-bond donors (Lipinski definition) is 0. The van der Waals surface area contributed by atoms with Gasteiger partial charge in [0.05, 0.1) is 22.9 Å². The van der Waals surface area contributed by atoms with E-state index in [0.29, 0.717) is 5.92 Å². The van der Waals surface area contributed by atoms with E-state index in [1.54, 1.807) is 0 Å². The Morgan fingerprint density at radius 3 is 1.98 bits per heavy atom. The van der Waals surface area contributed by atoms with Crippen LogP contribution in [0.2, 0.25) is 0 Å². The highest BCUT2D eigenvalue weighted by Gasteiger charge is 2.25. The van der Waals surface area contributed by atoms with E-state index in [9.17, 15) is 0 Å². The average Bonchev–Trinajstić information content (AvgIpc) is 3.65. The van der Waals surface area contributed by atoms with E-state index < -0.39 is 0 Å². The van der Waals surface area contributed by atoms with Gasteiger partial charge >= 0.3 is 0 Å². The van der Waals surface area contributed by atoms with Gasteiger partial charge in [-0.2, -0.15) is 0 Å². The lowest BCUT2D eigenvalue weighted by Gasteiger charge is -2.22. The number of benzene rings is 6. The Bertz CT molecular complexity index is 2880. The number of aromatic nitrogens is 2. The first-order chi connectivity index (χ1) is 27.3. The Kier molecular flexibility index (Phi) is 7.81. The third-order valence-corrected chi connectivity index (χ3v) is 13.1. The Morgan fingerprint density at radius 2 is 1.22 bits per heavy atom. The molecule has 0 fully saturated rings. The monoisotopic (exact) mass is 722 g/mol. The first-order valence-electron chi connectivity index (χ1n) is 19.5. The third kappa shape index (κ3) is 5.53. The van der Waals surface area contributed by atoms with Gasteiger partial charge in [0.25, 0.3) is 0 Å². The molecule has 55 heavy (non-hydrogen) atoms. The van der Waals surface area contributed by atoms with Gasteiger partial charge < -0.3 is 0 Å². The summed E-state index contributed by atoms with van der Waals surface area (Å²) in [5.74, 6) is 0.373. The molecule has 0 N–H and O–H groups in total. The van der Waals surface area contributed by atoms with Crippen LogP contribution in [0.3, 0.4) is 0 Å². The van der Waals surface area contributed by atoms with Crippen molar-refractivity contribution in [1.29, 1.82) is 0 Å². The van der Waals surface area contributed by atoms with Gasteiger partial charge in [0.2, 0.25) is 0 Å². The van der Waals surface area contributed by atoms with Gasteiger partial charge in [-0.05, 0) is 106 Å². The van der Waals surface area contributed by atoms with Gasteiger partial charge in [-0.1, -0.05) is 140 Å². The van der Waals surface area contributed by atoms with E-state index in [1.807, 2.05) is 17.5 Å². The number of hydrogen-bond acceptors (Lipinski definition) is 3. The average molecular weight is 723 g/mol. The molecule has 11 rings (SSSR count). The molecule has 0 saturated heterocycles. The maximum absolute atomic E-state index is 5.31. The molecule has 0 radical (unpaired) electrons. The molecule has 2 aromatic heterocycles. The summed E-state index contributed by atoms with van der Waals surface area (Å²) in [6, 6.07) is 44.5. The van der Waals surface area contributed by atoms with E-state index in [-0.39, 0.29) is 0 Å². The Morgan fingerprint density at radius 1 is 0.545 bits per heavy atom. The predicted molar refractivity (Wildman–Crippen MR) is 233 cm³/mol. The van der Waals surface area contributed by atoms with Crippen molar-refractivity contribution in [3.8, 4) is 44.6 Å². The van der Waals surface area contributed by atoms with E-state index >= 15 is 0 Å². The Labute approximate surface area is 325 Å². The second kappa shape index (κ2) is 13.3. The van der Waals surface area contributed by atoms with Gasteiger partial charge in [-0.15, -0.1) is 11.3 Å². The topological polar surface area (TPSA) is 25.8 Å². The molecule has 3 aliphatic rings. The zero-order chi connectivity index (χ0) is 36.3. The molecule has 0 amide bonds. The molecule has 3 heteroatoms. The fourth-order valence-electron chi connectivity index (χ4n) is 9.13. The number of nitrogens with zero attached hydrogens (tertiary/aromatic N) is 2. The predicted octanol–water partition coefficient (Wildman–Crippen LogP) is 13.8. The quantitative estimate of drug-likeness (QED) is 0.177. The van der Waals surface area contributed by atoms with Crippen LogP contribution in [-0.2, 0) is 19.3 Å². The van der Waals surface area contributed by atoms with Crippen LogP contribution in [-0.4, -0.2) is 9.97 Å². The van der Waals surface area contributed by atoms with Crippen LogP contribution in [0.15, 0.2) is 146 Å². The normalized spacial score (nSPS) is 15.6. The van der Waals surface area contributed by atoms with Crippen molar-refractivity contribution >= 4 is 50.7 Å². The first-order valence-corrected chi connectivity index (χ1v) is 20.3. The fraction of sp³-hybridized carbons (Fsp3) is 0.115. The van der Waals surface area contributed by atoms with Crippen molar-refractivity contribution in [2.75, 3.05) is 0 Å². The SMILES string of the molecule is C1=Cc2c(c3c(c4nc(-c5ccc(-c6ccccc6-c6cc(-c7ccccc7)cc7c8c(sc67)C=CC(c6ccccc6)C8)cc5)cnc24)C=CCC3)CC1. The fourth-order valence-corrected chi connectivity index (χ4v) is 10.4. The van der Waals surface area contributed by atoms with Crippen LogP contribution in [0.5, 0.6) is 0 Å². The van der Waals surface area contributed by atoms with Gasteiger partial charge in [0, 0.05) is 37.7 Å². The molecule has 1 atom stereocenters. The highest BCUT2D eigenvalue weighted by Crippen LogP contribution is 2.47. The molecule has 262 valence electrons. The number of thiophene rings is 1. The van der Waals surface area contributed by atoms with Crippen molar-refractivity contribution in [1.82, 2.24) is 9.97 Å². The molecular weight excluding hydrogens is 685 g/mol. The van der Waals surface area contributed by atoms with Gasteiger partial charge in [0.15, 0.2) is 0 Å². The molecule has 3 aliphatic carbocycles. The summed E-state index contributed by atoms with van der Waals surface area (Å²) in [7, 11) is 0. The zero-order valence-corrected chi connectivity index (χ0v) is 31.3. The van der Waals surface area contributed by atoms with E-state index in [4.69, 9.17) is 9.97 Å². The highest BCUT2D eigenvalue weighted by molar-refractivity contribution is 7.20.